The highest BCUT2D eigenvalue weighted by Crippen LogP contribution is 2.24. The highest BCUT2D eigenvalue weighted by atomic mass is 35.5. The first kappa shape index (κ1) is 9.27. The summed E-state index contributed by atoms with van der Waals surface area (Å²) in [6.07, 6.45) is 7.38. The lowest BCUT2D eigenvalue weighted by Gasteiger charge is -2.19. The van der Waals surface area contributed by atoms with Gasteiger partial charge in [0, 0.05) is 18.3 Å². The Kier molecular flexibility index (Phi) is 2.29. The van der Waals surface area contributed by atoms with Crippen molar-refractivity contribution in [3.8, 4) is 0 Å². The minimum absolute atomic E-state index is 0.106. The molecule has 0 spiro atoms. The van der Waals surface area contributed by atoms with Crippen LogP contribution in [0.5, 0.6) is 0 Å². The van der Waals surface area contributed by atoms with Gasteiger partial charge in [-0.15, -0.1) is 0 Å². The molecule has 2 N–H and O–H groups in total. The first-order chi connectivity index (χ1) is 6.68. The summed E-state index contributed by atoms with van der Waals surface area (Å²) in [7, 11) is 0. The SMILES string of the molecule is CC1C=CN=CC1n1cc(N)c(Cl)n1. The molecule has 74 valence electrons. The minimum atomic E-state index is 0.106. The van der Waals surface area contributed by atoms with Gasteiger partial charge in [-0.3, -0.25) is 9.67 Å². The van der Waals surface area contributed by atoms with Crippen LogP contribution in [-0.4, -0.2) is 16.0 Å². The number of aromatic nitrogens is 2. The number of aliphatic imine (C=N–C) groups is 1. The van der Waals surface area contributed by atoms with Crippen LogP contribution in [0.2, 0.25) is 5.15 Å². The van der Waals surface area contributed by atoms with Gasteiger partial charge in [-0.05, 0) is 0 Å². The number of halogens is 1. The van der Waals surface area contributed by atoms with Crippen LogP contribution in [0.1, 0.15) is 13.0 Å². The van der Waals surface area contributed by atoms with Gasteiger partial charge in [0.1, 0.15) is 0 Å². The first-order valence-electron chi connectivity index (χ1n) is 4.38. The molecule has 5 heteroatoms. The molecule has 14 heavy (non-hydrogen) atoms. The maximum atomic E-state index is 5.78. The van der Waals surface area contributed by atoms with Gasteiger partial charge in [-0.2, -0.15) is 5.10 Å². The predicted octanol–water partition coefficient (Wildman–Crippen LogP) is 1.89. The lowest BCUT2D eigenvalue weighted by Crippen LogP contribution is -2.19. The van der Waals surface area contributed by atoms with Gasteiger partial charge in [0.15, 0.2) is 5.15 Å². The van der Waals surface area contributed by atoms with Crippen LogP contribution in [0.3, 0.4) is 0 Å². The highest BCUT2D eigenvalue weighted by Gasteiger charge is 2.18. The zero-order valence-electron chi connectivity index (χ0n) is 7.76. The summed E-state index contributed by atoms with van der Waals surface area (Å²) in [5.74, 6) is 0.350. The van der Waals surface area contributed by atoms with E-state index in [4.69, 9.17) is 17.3 Å². The lowest BCUT2D eigenvalue weighted by molar-refractivity contribution is 0.476. The van der Waals surface area contributed by atoms with Crippen molar-refractivity contribution in [2.75, 3.05) is 5.73 Å². The average molecular weight is 211 g/mol. The van der Waals surface area contributed by atoms with E-state index < -0.39 is 0 Å². The van der Waals surface area contributed by atoms with Gasteiger partial charge in [0.05, 0.1) is 17.9 Å². The Bertz CT molecular complexity index is 374. The Labute approximate surface area is 87.1 Å². The predicted molar refractivity (Wildman–Crippen MR) is 57.5 cm³/mol. The summed E-state index contributed by atoms with van der Waals surface area (Å²) < 4.78 is 1.75. The summed E-state index contributed by atoms with van der Waals surface area (Å²) in [5, 5.41) is 4.46. The van der Waals surface area contributed by atoms with E-state index >= 15 is 0 Å². The summed E-state index contributed by atoms with van der Waals surface area (Å²) in [6.45, 7) is 2.10. The zero-order valence-corrected chi connectivity index (χ0v) is 8.52. The van der Waals surface area contributed by atoms with E-state index in [0.717, 1.165) is 0 Å². The van der Waals surface area contributed by atoms with E-state index in [2.05, 4.69) is 17.0 Å². The van der Waals surface area contributed by atoms with Gasteiger partial charge in [0.2, 0.25) is 0 Å². The maximum absolute atomic E-state index is 5.78. The fraction of sp³-hybridized carbons (Fsp3) is 0.333. The van der Waals surface area contributed by atoms with E-state index in [9.17, 15) is 0 Å². The second-order valence-corrected chi connectivity index (χ2v) is 3.70. The monoisotopic (exact) mass is 210 g/mol. The standard InChI is InChI=1S/C9H11ClN4/c1-6-2-3-12-4-8(6)14-5-7(11)9(10)13-14/h2-6,8H,11H2,1H3. The minimum Gasteiger partial charge on any atom is -0.395 e. The molecule has 2 rings (SSSR count). The second-order valence-electron chi connectivity index (χ2n) is 3.34. The number of nitrogens with zero attached hydrogens (tertiary/aromatic N) is 3. The third kappa shape index (κ3) is 1.53. The fourth-order valence-corrected chi connectivity index (χ4v) is 1.55. The molecular formula is C9H11ClN4. The molecule has 1 aliphatic rings. The van der Waals surface area contributed by atoms with Crippen molar-refractivity contribution in [1.82, 2.24) is 9.78 Å². The third-order valence-electron chi connectivity index (χ3n) is 2.27. The quantitative estimate of drug-likeness (QED) is 0.770. The highest BCUT2D eigenvalue weighted by molar-refractivity contribution is 6.31. The number of hydrogen-bond donors (Lipinski definition) is 1. The molecule has 0 bridgehead atoms. The van der Waals surface area contributed by atoms with Gasteiger partial charge < -0.3 is 5.73 Å². The van der Waals surface area contributed by atoms with Gasteiger partial charge in [0.25, 0.3) is 0 Å². The molecule has 0 aliphatic carbocycles. The van der Waals surface area contributed by atoms with Crippen molar-refractivity contribution >= 4 is 23.5 Å². The molecule has 0 aromatic carbocycles. The molecule has 0 fully saturated rings. The second kappa shape index (κ2) is 3.46. The Balaban J connectivity index is 2.31. The third-order valence-corrected chi connectivity index (χ3v) is 2.57. The van der Waals surface area contributed by atoms with Crippen LogP contribution in [0.25, 0.3) is 0 Å². The van der Waals surface area contributed by atoms with Crippen LogP contribution in [0, 0.1) is 5.92 Å². The van der Waals surface area contributed by atoms with Crippen LogP contribution >= 0.6 is 11.6 Å². The normalized spacial score (nSPS) is 25.6. The molecule has 2 heterocycles. The molecule has 0 amide bonds. The summed E-state index contributed by atoms with van der Waals surface area (Å²) in [4.78, 5) is 4.07. The molecule has 1 aliphatic heterocycles. The molecule has 1 aromatic rings. The smallest absolute Gasteiger partial charge is 0.173 e. The molecule has 0 saturated carbocycles. The van der Waals surface area contributed by atoms with Crippen molar-refractivity contribution in [2.24, 2.45) is 10.9 Å². The van der Waals surface area contributed by atoms with Crippen LogP contribution < -0.4 is 5.73 Å². The first-order valence-corrected chi connectivity index (χ1v) is 4.76. The van der Waals surface area contributed by atoms with Crippen molar-refractivity contribution in [1.29, 1.82) is 0 Å². The summed E-state index contributed by atoms with van der Waals surface area (Å²) in [6, 6.07) is 0.106. The van der Waals surface area contributed by atoms with E-state index in [1.165, 1.54) is 0 Å². The Morgan fingerprint density at radius 2 is 2.36 bits per heavy atom. The van der Waals surface area contributed by atoms with Crippen molar-refractivity contribution in [3.05, 3.63) is 23.6 Å². The van der Waals surface area contributed by atoms with Gasteiger partial charge in [-0.25, -0.2) is 0 Å². The molecule has 2 atom stereocenters. The number of allylic oxidation sites excluding steroid dienone is 1. The zero-order chi connectivity index (χ0) is 10.1. The topological polar surface area (TPSA) is 56.2 Å². The molecular weight excluding hydrogens is 200 g/mol. The Morgan fingerprint density at radius 1 is 1.57 bits per heavy atom. The van der Waals surface area contributed by atoms with E-state index in [1.807, 2.05) is 12.3 Å². The molecule has 1 aromatic heterocycles. The lowest BCUT2D eigenvalue weighted by atomic mass is 10.0. The number of nitrogen functional groups attached to an aromatic ring is 1. The van der Waals surface area contributed by atoms with Crippen molar-refractivity contribution < 1.29 is 0 Å². The van der Waals surface area contributed by atoms with Gasteiger partial charge in [-0.1, -0.05) is 24.6 Å². The van der Waals surface area contributed by atoms with Crippen molar-refractivity contribution in [2.45, 2.75) is 13.0 Å². The average Bonchev–Trinajstić information content (AvgIpc) is 2.48. The van der Waals surface area contributed by atoms with E-state index in [1.54, 1.807) is 17.1 Å². The molecule has 0 radical (unpaired) electrons. The Hall–Kier alpha value is -1.29. The number of rotatable bonds is 1. The van der Waals surface area contributed by atoms with E-state index in [-0.39, 0.29) is 6.04 Å². The van der Waals surface area contributed by atoms with Gasteiger partial charge >= 0.3 is 0 Å². The molecule has 2 unspecified atom stereocenters. The largest absolute Gasteiger partial charge is 0.395 e. The van der Waals surface area contributed by atoms with Crippen LogP contribution in [0.15, 0.2) is 23.5 Å². The number of anilines is 1. The molecule has 4 nitrogen and oxygen atoms in total. The summed E-state index contributed by atoms with van der Waals surface area (Å²) >= 11 is 5.78. The van der Waals surface area contributed by atoms with Crippen LogP contribution in [-0.2, 0) is 0 Å². The summed E-state index contributed by atoms with van der Waals surface area (Å²) in [5.41, 5.74) is 6.12. The fourth-order valence-electron chi connectivity index (χ4n) is 1.42. The number of nitrogens with two attached hydrogens (primary N) is 1. The number of hydrogen-bond acceptors (Lipinski definition) is 3. The maximum Gasteiger partial charge on any atom is 0.173 e. The van der Waals surface area contributed by atoms with Crippen molar-refractivity contribution in [3.63, 3.8) is 0 Å². The molecule has 0 saturated heterocycles. The Morgan fingerprint density at radius 3 is 2.93 bits per heavy atom. The van der Waals surface area contributed by atoms with E-state index in [0.29, 0.717) is 16.8 Å². The van der Waals surface area contributed by atoms with Crippen LogP contribution in [0.4, 0.5) is 5.69 Å².